The third-order valence-corrected chi connectivity index (χ3v) is 6.09. The van der Waals surface area contributed by atoms with Crippen molar-refractivity contribution in [3.05, 3.63) is 36.2 Å². The van der Waals surface area contributed by atoms with Crippen LogP contribution in [0.5, 0.6) is 0 Å². The topological polar surface area (TPSA) is 140 Å². The summed E-state index contributed by atoms with van der Waals surface area (Å²) < 4.78 is 29.7. The van der Waals surface area contributed by atoms with Crippen LogP contribution in [0.3, 0.4) is 0 Å². The van der Waals surface area contributed by atoms with Crippen LogP contribution in [0.2, 0.25) is 0 Å². The lowest BCUT2D eigenvalue weighted by Crippen LogP contribution is -2.38. The summed E-state index contributed by atoms with van der Waals surface area (Å²) in [5.74, 6) is 0.285. The number of hydrazine groups is 1. The van der Waals surface area contributed by atoms with Crippen molar-refractivity contribution in [2.45, 2.75) is 24.7 Å². The van der Waals surface area contributed by atoms with Gasteiger partial charge in [0.05, 0.1) is 17.9 Å². The van der Waals surface area contributed by atoms with Crippen molar-refractivity contribution in [3.63, 3.8) is 0 Å². The van der Waals surface area contributed by atoms with Crippen LogP contribution in [0.4, 0.5) is 17.3 Å². The van der Waals surface area contributed by atoms with Crippen LogP contribution < -0.4 is 20.9 Å². The van der Waals surface area contributed by atoms with E-state index in [9.17, 15) is 13.2 Å². The van der Waals surface area contributed by atoms with E-state index < -0.39 is 10.0 Å². The highest BCUT2D eigenvalue weighted by molar-refractivity contribution is 7.89. The van der Waals surface area contributed by atoms with Gasteiger partial charge in [0.15, 0.2) is 11.6 Å². The first-order chi connectivity index (χ1) is 13.8. The van der Waals surface area contributed by atoms with Gasteiger partial charge in [0, 0.05) is 13.1 Å². The van der Waals surface area contributed by atoms with E-state index in [1.54, 1.807) is 12.1 Å². The molecule has 0 aliphatic carbocycles. The van der Waals surface area contributed by atoms with Crippen molar-refractivity contribution in [1.29, 1.82) is 0 Å². The fourth-order valence-corrected chi connectivity index (χ4v) is 3.97. The number of nitrogen functional groups attached to an aromatic ring is 1. The maximum absolute atomic E-state index is 12.4. The number of nitrogens with zero attached hydrogens (tertiary/aromatic N) is 3. The van der Waals surface area contributed by atoms with E-state index in [4.69, 9.17) is 10.5 Å². The number of aryl methyl sites for hydroxylation is 1. The number of nitrogens with two attached hydrogens (primary N) is 1. The van der Waals surface area contributed by atoms with E-state index in [1.807, 2.05) is 11.8 Å². The number of anilines is 3. The van der Waals surface area contributed by atoms with Gasteiger partial charge in [-0.25, -0.2) is 18.4 Å². The van der Waals surface area contributed by atoms with Crippen molar-refractivity contribution in [2.75, 3.05) is 36.3 Å². The number of esters is 1. The Labute approximate surface area is 169 Å². The molecule has 1 aromatic carbocycles. The van der Waals surface area contributed by atoms with Crippen LogP contribution in [-0.2, 0) is 19.6 Å². The summed E-state index contributed by atoms with van der Waals surface area (Å²) in [4.78, 5) is 24.3. The number of aromatic nitrogens is 2. The summed E-state index contributed by atoms with van der Waals surface area (Å²) in [5.41, 5.74) is 9.91. The molecule has 10 nitrogen and oxygen atoms in total. The van der Waals surface area contributed by atoms with Gasteiger partial charge in [0.25, 0.3) is 10.0 Å². The number of carbonyl (C=O) groups is 1. The molecule has 29 heavy (non-hydrogen) atoms. The van der Waals surface area contributed by atoms with Crippen LogP contribution in [0.25, 0.3) is 0 Å². The Morgan fingerprint density at radius 1 is 1.21 bits per heavy atom. The molecule has 0 saturated carbocycles. The average molecular weight is 420 g/mol. The van der Waals surface area contributed by atoms with Crippen molar-refractivity contribution in [1.82, 2.24) is 14.8 Å². The van der Waals surface area contributed by atoms with Crippen LogP contribution >= 0.6 is 0 Å². The normalized spacial score (nSPS) is 15.2. The quantitative estimate of drug-likeness (QED) is 0.462. The molecule has 2 aromatic rings. The molecule has 0 radical (unpaired) electrons. The van der Waals surface area contributed by atoms with Gasteiger partial charge < -0.3 is 15.4 Å². The summed E-state index contributed by atoms with van der Waals surface area (Å²) in [6.07, 6.45) is 2.55. The average Bonchev–Trinajstić information content (AvgIpc) is 2.73. The number of hydrogen-bond donors (Lipinski definition) is 3. The maximum Gasteiger partial charge on any atom is 0.308 e. The van der Waals surface area contributed by atoms with E-state index in [0.29, 0.717) is 31.7 Å². The molecule has 1 aliphatic rings. The second-order valence-electron chi connectivity index (χ2n) is 6.79. The number of piperidine rings is 1. The van der Waals surface area contributed by atoms with Crippen molar-refractivity contribution >= 4 is 33.3 Å². The van der Waals surface area contributed by atoms with Crippen molar-refractivity contribution in [3.8, 4) is 0 Å². The molecule has 11 heteroatoms. The van der Waals surface area contributed by atoms with E-state index >= 15 is 0 Å². The highest BCUT2D eigenvalue weighted by Gasteiger charge is 2.27. The summed E-state index contributed by atoms with van der Waals surface area (Å²) >= 11 is 0. The molecular weight excluding hydrogens is 396 g/mol. The Hall–Kier alpha value is -2.92. The number of nitrogens with one attached hydrogen (secondary N) is 2. The lowest BCUT2D eigenvalue weighted by molar-refractivity contribution is -0.146. The minimum Gasteiger partial charge on any atom is -0.469 e. The Morgan fingerprint density at radius 2 is 1.86 bits per heavy atom. The fraction of sp³-hybridized carbons (Fsp3) is 0.389. The number of sulfonamides is 1. The third kappa shape index (κ3) is 4.74. The molecule has 0 spiro atoms. The van der Waals surface area contributed by atoms with Gasteiger partial charge in [0.2, 0.25) is 0 Å². The number of rotatable bonds is 6. The van der Waals surface area contributed by atoms with E-state index in [0.717, 1.165) is 5.56 Å². The zero-order valence-corrected chi connectivity index (χ0v) is 17.1. The van der Waals surface area contributed by atoms with Crippen molar-refractivity contribution < 1.29 is 17.9 Å². The zero-order chi connectivity index (χ0) is 21.0. The number of carbonyl (C=O) groups excluding carboxylic acids is 1. The van der Waals surface area contributed by atoms with Crippen LogP contribution in [0.15, 0.2) is 35.5 Å². The smallest absolute Gasteiger partial charge is 0.308 e. The number of hydrogen-bond acceptors (Lipinski definition) is 9. The molecular formula is C18H24N6O4S. The molecule has 0 unspecified atom stereocenters. The molecule has 2 heterocycles. The minimum atomic E-state index is -3.79. The second-order valence-corrected chi connectivity index (χ2v) is 8.47. The monoisotopic (exact) mass is 420 g/mol. The first-order valence-electron chi connectivity index (χ1n) is 9.09. The van der Waals surface area contributed by atoms with Gasteiger partial charge >= 0.3 is 5.97 Å². The van der Waals surface area contributed by atoms with E-state index in [1.165, 1.54) is 25.6 Å². The molecule has 3 rings (SSSR count). The Balaban J connectivity index is 1.69. The molecule has 1 fully saturated rings. The molecule has 0 atom stereocenters. The SMILES string of the molecule is COC(=O)C1CCN(c2ncnc(NNS(=O)(=O)c3ccc(C)cc3)c2N)CC1. The number of ether oxygens (including phenoxy) is 1. The summed E-state index contributed by atoms with van der Waals surface area (Å²) in [5, 5.41) is 0. The standard InChI is InChI=1S/C18H24N6O4S/c1-12-3-5-14(6-4-12)29(26,27)23-22-16-15(19)17(21-11-20-16)24-9-7-13(8-10-24)18(25)28-2/h3-6,11,13,23H,7-10,19H2,1-2H3,(H,20,21,22). The Bertz CT molecular complexity index is 972. The van der Waals surface area contributed by atoms with E-state index in [-0.39, 0.29) is 28.3 Å². The molecule has 1 aliphatic heterocycles. The Kier molecular flexibility index (Phi) is 6.18. The second kappa shape index (κ2) is 8.62. The van der Waals surface area contributed by atoms with Gasteiger partial charge in [-0.15, -0.1) is 4.83 Å². The number of methoxy groups -OCH3 is 1. The Morgan fingerprint density at radius 3 is 2.48 bits per heavy atom. The van der Waals surface area contributed by atoms with Crippen molar-refractivity contribution in [2.24, 2.45) is 5.92 Å². The highest BCUT2D eigenvalue weighted by Crippen LogP contribution is 2.29. The third-order valence-electron chi connectivity index (χ3n) is 4.83. The number of benzene rings is 1. The molecule has 0 bridgehead atoms. The fourth-order valence-electron chi connectivity index (χ4n) is 3.12. The molecule has 1 aromatic heterocycles. The summed E-state index contributed by atoms with van der Waals surface area (Å²) in [6, 6.07) is 6.45. The minimum absolute atomic E-state index is 0.119. The predicted octanol–water partition coefficient (Wildman–Crippen LogP) is 1.06. The molecule has 1 saturated heterocycles. The van der Waals surface area contributed by atoms with Gasteiger partial charge in [-0.05, 0) is 31.9 Å². The van der Waals surface area contributed by atoms with Gasteiger partial charge in [-0.2, -0.15) is 0 Å². The van der Waals surface area contributed by atoms with Crippen LogP contribution in [-0.4, -0.2) is 44.6 Å². The lowest BCUT2D eigenvalue weighted by Gasteiger charge is -2.32. The maximum atomic E-state index is 12.4. The lowest BCUT2D eigenvalue weighted by atomic mass is 9.97. The van der Waals surface area contributed by atoms with Gasteiger partial charge in [-0.1, -0.05) is 17.7 Å². The predicted molar refractivity (Wildman–Crippen MR) is 109 cm³/mol. The highest BCUT2D eigenvalue weighted by atomic mass is 32.2. The van der Waals surface area contributed by atoms with Gasteiger partial charge in [-0.3, -0.25) is 10.2 Å². The first-order valence-corrected chi connectivity index (χ1v) is 10.6. The molecule has 0 amide bonds. The molecule has 156 valence electrons. The zero-order valence-electron chi connectivity index (χ0n) is 16.3. The largest absolute Gasteiger partial charge is 0.469 e. The summed E-state index contributed by atoms with van der Waals surface area (Å²) in [7, 11) is -2.41. The summed E-state index contributed by atoms with van der Waals surface area (Å²) in [6.45, 7) is 3.03. The van der Waals surface area contributed by atoms with Crippen LogP contribution in [0.1, 0.15) is 18.4 Å². The van der Waals surface area contributed by atoms with E-state index in [2.05, 4.69) is 20.2 Å². The van der Waals surface area contributed by atoms with Gasteiger partial charge in [0.1, 0.15) is 12.0 Å². The molecule has 4 N–H and O–H groups in total. The van der Waals surface area contributed by atoms with Crippen LogP contribution in [0, 0.1) is 12.8 Å². The first kappa shape index (κ1) is 20.8.